The van der Waals surface area contributed by atoms with E-state index in [1.807, 2.05) is 6.07 Å². The van der Waals surface area contributed by atoms with E-state index >= 15 is 0 Å². The molecule has 5 heteroatoms. The molecule has 1 aliphatic rings. The van der Waals surface area contributed by atoms with E-state index in [0.717, 1.165) is 25.9 Å². The molecule has 0 aromatic rings. The van der Waals surface area contributed by atoms with Crippen LogP contribution in [-0.2, 0) is 9.59 Å². The summed E-state index contributed by atoms with van der Waals surface area (Å²) in [4.78, 5) is 25.3. The summed E-state index contributed by atoms with van der Waals surface area (Å²) in [7, 11) is 0. The highest BCUT2D eigenvalue weighted by Gasteiger charge is 2.26. The second kappa shape index (κ2) is 6.24. The van der Waals surface area contributed by atoms with Gasteiger partial charge in [-0.2, -0.15) is 5.26 Å². The molecule has 1 fully saturated rings. The molecule has 94 valence electrons. The van der Waals surface area contributed by atoms with Gasteiger partial charge in [0.25, 0.3) is 0 Å². The predicted octanol–water partition coefficient (Wildman–Crippen LogP) is 0.663. The molecular formula is C12H19N3O2. The first-order valence-corrected chi connectivity index (χ1v) is 6.09. The number of rotatable bonds is 4. The first-order chi connectivity index (χ1) is 8.10. The molecule has 1 N–H and O–H groups in total. The van der Waals surface area contributed by atoms with Gasteiger partial charge in [-0.3, -0.25) is 9.59 Å². The molecule has 0 bridgehead atoms. The highest BCUT2D eigenvalue weighted by atomic mass is 16.2. The summed E-state index contributed by atoms with van der Waals surface area (Å²) >= 11 is 0. The van der Waals surface area contributed by atoms with Crippen LogP contribution in [0, 0.1) is 17.2 Å². The maximum absolute atomic E-state index is 11.9. The molecule has 1 saturated heterocycles. The maximum atomic E-state index is 11.9. The molecule has 5 nitrogen and oxygen atoms in total. The number of amides is 2. The van der Waals surface area contributed by atoms with Crippen LogP contribution in [0.2, 0.25) is 0 Å². The van der Waals surface area contributed by atoms with Crippen LogP contribution in [0.5, 0.6) is 0 Å². The highest BCUT2D eigenvalue weighted by Crippen LogP contribution is 2.09. The van der Waals surface area contributed by atoms with Crippen molar-refractivity contribution in [2.24, 2.45) is 5.92 Å². The lowest BCUT2D eigenvalue weighted by Crippen LogP contribution is -2.47. The minimum Gasteiger partial charge on any atom is -0.343 e. The van der Waals surface area contributed by atoms with Crippen molar-refractivity contribution in [3.05, 3.63) is 0 Å². The van der Waals surface area contributed by atoms with Gasteiger partial charge < -0.3 is 10.2 Å². The van der Waals surface area contributed by atoms with Crippen molar-refractivity contribution in [3.63, 3.8) is 0 Å². The fraction of sp³-hybridized carbons (Fsp3) is 0.750. The molecule has 2 unspecified atom stereocenters. The summed E-state index contributed by atoms with van der Waals surface area (Å²) in [6, 6.07) is 1.39. The fourth-order valence-electron chi connectivity index (χ4n) is 1.92. The van der Waals surface area contributed by atoms with Gasteiger partial charge >= 0.3 is 0 Å². The van der Waals surface area contributed by atoms with Crippen molar-refractivity contribution in [2.75, 3.05) is 13.1 Å². The zero-order valence-corrected chi connectivity index (χ0v) is 10.4. The van der Waals surface area contributed by atoms with Gasteiger partial charge in [0.2, 0.25) is 11.8 Å². The molecule has 2 amide bonds. The molecule has 1 heterocycles. The monoisotopic (exact) mass is 237 g/mol. The largest absolute Gasteiger partial charge is 0.343 e. The highest BCUT2D eigenvalue weighted by molar-refractivity contribution is 5.89. The van der Waals surface area contributed by atoms with Crippen LogP contribution < -0.4 is 5.32 Å². The number of nitrogens with one attached hydrogen (secondary N) is 1. The van der Waals surface area contributed by atoms with E-state index in [1.54, 1.807) is 18.7 Å². The number of hydrogen-bond donors (Lipinski definition) is 1. The molecule has 0 aliphatic carbocycles. The summed E-state index contributed by atoms with van der Waals surface area (Å²) < 4.78 is 0. The summed E-state index contributed by atoms with van der Waals surface area (Å²) in [6.07, 6.45) is 2.53. The number of carbonyl (C=O) groups is 2. The molecule has 17 heavy (non-hydrogen) atoms. The van der Waals surface area contributed by atoms with Crippen LogP contribution in [0.4, 0.5) is 0 Å². The summed E-state index contributed by atoms with van der Waals surface area (Å²) in [5.41, 5.74) is 0. The lowest BCUT2D eigenvalue weighted by Gasteiger charge is -2.21. The Morgan fingerprint density at radius 3 is 2.47 bits per heavy atom. The number of carbonyl (C=O) groups excluding carboxylic acids is 2. The Balaban J connectivity index is 2.48. The van der Waals surface area contributed by atoms with Crippen molar-refractivity contribution in [3.8, 4) is 6.07 Å². The summed E-state index contributed by atoms with van der Waals surface area (Å²) in [5.74, 6) is -1.07. The number of nitriles is 1. The predicted molar refractivity (Wildman–Crippen MR) is 62.8 cm³/mol. The molecule has 1 rings (SSSR count). The maximum Gasteiger partial charge on any atom is 0.244 e. The third kappa shape index (κ3) is 3.45. The van der Waals surface area contributed by atoms with Gasteiger partial charge in [0, 0.05) is 13.1 Å². The molecule has 0 spiro atoms. The Labute approximate surface area is 102 Å². The Morgan fingerprint density at radius 1 is 1.41 bits per heavy atom. The first-order valence-electron chi connectivity index (χ1n) is 6.09. The molecule has 0 aromatic heterocycles. The topological polar surface area (TPSA) is 73.2 Å². The first kappa shape index (κ1) is 13.5. The number of hydrogen-bond acceptors (Lipinski definition) is 3. The van der Waals surface area contributed by atoms with Gasteiger partial charge in [-0.15, -0.1) is 0 Å². The van der Waals surface area contributed by atoms with Crippen LogP contribution in [-0.4, -0.2) is 35.8 Å². The lowest BCUT2D eigenvalue weighted by atomic mass is 10.1. The van der Waals surface area contributed by atoms with Crippen molar-refractivity contribution in [1.29, 1.82) is 5.26 Å². The van der Waals surface area contributed by atoms with Gasteiger partial charge in [-0.25, -0.2) is 0 Å². The fourth-order valence-corrected chi connectivity index (χ4v) is 1.92. The average Bonchev–Trinajstić information content (AvgIpc) is 2.83. The van der Waals surface area contributed by atoms with Crippen LogP contribution in [0.1, 0.15) is 33.1 Å². The number of nitrogens with zero attached hydrogens (tertiary/aromatic N) is 2. The third-order valence-corrected chi connectivity index (χ3v) is 3.03. The van der Waals surface area contributed by atoms with Crippen molar-refractivity contribution < 1.29 is 9.59 Å². The van der Waals surface area contributed by atoms with Gasteiger partial charge in [-0.05, 0) is 26.2 Å². The third-order valence-electron chi connectivity index (χ3n) is 3.03. The van der Waals surface area contributed by atoms with Gasteiger partial charge in [-0.1, -0.05) is 6.92 Å². The molecule has 0 aromatic carbocycles. The zero-order valence-electron chi connectivity index (χ0n) is 10.4. The van der Waals surface area contributed by atoms with E-state index in [4.69, 9.17) is 5.26 Å². The lowest BCUT2D eigenvalue weighted by molar-refractivity contribution is -0.135. The zero-order chi connectivity index (χ0) is 12.8. The van der Waals surface area contributed by atoms with Crippen molar-refractivity contribution in [2.45, 2.75) is 39.2 Å². The SMILES string of the molecule is CCC(C#N)C(=O)NC(C)C(=O)N1CCCC1. The molecule has 1 aliphatic heterocycles. The molecular weight excluding hydrogens is 218 g/mol. The number of likely N-dealkylation sites (tertiary alicyclic amines) is 1. The van der Waals surface area contributed by atoms with Crippen LogP contribution in [0.25, 0.3) is 0 Å². The van der Waals surface area contributed by atoms with E-state index < -0.39 is 12.0 Å². The van der Waals surface area contributed by atoms with E-state index in [1.165, 1.54) is 0 Å². The van der Waals surface area contributed by atoms with Crippen LogP contribution >= 0.6 is 0 Å². The van der Waals surface area contributed by atoms with Crippen molar-refractivity contribution >= 4 is 11.8 Å². The normalized spacial score (nSPS) is 18.3. The second-order valence-electron chi connectivity index (χ2n) is 4.35. The van der Waals surface area contributed by atoms with E-state index in [2.05, 4.69) is 5.32 Å². The quantitative estimate of drug-likeness (QED) is 0.780. The molecule has 0 radical (unpaired) electrons. The van der Waals surface area contributed by atoms with Gasteiger partial charge in [0.1, 0.15) is 12.0 Å². The Bertz CT molecular complexity index is 329. The average molecular weight is 237 g/mol. The van der Waals surface area contributed by atoms with Gasteiger partial charge in [0.15, 0.2) is 0 Å². The Morgan fingerprint density at radius 2 is 2.00 bits per heavy atom. The summed E-state index contributed by atoms with van der Waals surface area (Å²) in [5, 5.41) is 11.4. The molecule has 0 saturated carbocycles. The summed E-state index contributed by atoms with van der Waals surface area (Å²) in [6.45, 7) is 4.99. The standard InChI is InChI=1S/C12H19N3O2/c1-3-10(8-13)11(16)14-9(2)12(17)15-6-4-5-7-15/h9-10H,3-7H2,1-2H3,(H,14,16). The smallest absolute Gasteiger partial charge is 0.244 e. The molecule has 2 atom stereocenters. The van der Waals surface area contributed by atoms with Crippen LogP contribution in [0.3, 0.4) is 0 Å². The minimum absolute atomic E-state index is 0.0522. The van der Waals surface area contributed by atoms with E-state index in [-0.39, 0.29) is 11.8 Å². The Hall–Kier alpha value is -1.57. The minimum atomic E-state index is -0.663. The van der Waals surface area contributed by atoms with E-state index in [0.29, 0.717) is 6.42 Å². The van der Waals surface area contributed by atoms with Gasteiger partial charge in [0.05, 0.1) is 6.07 Å². The van der Waals surface area contributed by atoms with E-state index in [9.17, 15) is 9.59 Å². The van der Waals surface area contributed by atoms with Crippen LogP contribution in [0.15, 0.2) is 0 Å². The Kier molecular flexibility index (Phi) is 4.95. The second-order valence-corrected chi connectivity index (χ2v) is 4.35. The van der Waals surface area contributed by atoms with Crippen molar-refractivity contribution in [1.82, 2.24) is 10.2 Å².